The Balaban J connectivity index is 2.33. The highest BCUT2D eigenvalue weighted by Crippen LogP contribution is 2.22. The largest absolute Gasteiger partial charge is 0.390 e. The van der Waals surface area contributed by atoms with Crippen molar-refractivity contribution in [2.75, 3.05) is 13.1 Å². The van der Waals surface area contributed by atoms with Gasteiger partial charge in [0.05, 0.1) is 11.0 Å². The summed E-state index contributed by atoms with van der Waals surface area (Å²) in [5, 5.41) is 17.4. The molecule has 0 heterocycles. The van der Waals surface area contributed by atoms with Crippen molar-refractivity contribution >= 4 is 15.9 Å². The molecule has 2 rings (SSSR count). The monoisotopic (exact) mass is 404 g/mol. The van der Waals surface area contributed by atoms with Gasteiger partial charge in [0.1, 0.15) is 5.84 Å². The third kappa shape index (κ3) is 5.39. The van der Waals surface area contributed by atoms with Gasteiger partial charge in [0, 0.05) is 25.2 Å². The minimum absolute atomic E-state index is 0.0401. The number of aliphatic hydroxyl groups excluding tert-OH is 1. The van der Waals surface area contributed by atoms with E-state index in [1.54, 1.807) is 48.5 Å². The van der Waals surface area contributed by atoms with Gasteiger partial charge in [-0.3, -0.25) is 5.41 Å². The van der Waals surface area contributed by atoms with E-state index in [0.29, 0.717) is 11.5 Å². The highest BCUT2D eigenvalue weighted by Gasteiger charge is 2.26. The van der Waals surface area contributed by atoms with Gasteiger partial charge in [0.15, 0.2) is 0 Å². The van der Waals surface area contributed by atoms with E-state index in [2.05, 4.69) is 0 Å². The molecule has 7 nitrogen and oxygen atoms in total. The Labute approximate surface area is 166 Å². The normalized spacial score (nSPS) is 13.1. The summed E-state index contributed by atoms with van der Waals surface area (Å²) in [6.45, 7) is 4.00. The first-order chi connectivity index (χ1) is 13.1. The molecule has 0 aliphatic rings. The molecule has 0 spiro atoms. The Hall–Kier alpha value is -2.26. The maximum absolute atomic E-state index is 13.2. The molecule has 0 bridgehead atoms. The predicted octanol–water partition coefficient (Wildman–Crippen LogP) is 1.60. The van der Waals surface area contributed by atoms with Crippen LogP contribution in [-0.2, 0) is 16.6 Å². The molecule has 8 heteroatoms. The van der Waals surface area contributed by atoms with E-state index < -0.39 is 16.1 Å². The van der Waals surface area contributed by atoms with Gasteiger partial charge in [-0.2, -0.15) is 4.31 Å². The van der Waals surface area contributed by atoms with Crippen molar-refractivity contribution in [3.8, 4) is 0 Å². The van der Waals surface area contributed by atoms with Gasteiger partial charge in [0.2, 0.25) is 10.0 Å². The van der Waals surface area contributed by atoms with Crippen molar-refractivity contribution in [1.82, 2.24) is 4.31 Å². The van der Waals surface area contributed by atoms with Gasteiger partial charge in [0.25, 0.3) is 0 Å². The average Bonchev–Trinajstić information content (AvgIpc) is 2.67. The minimum Gasteiger partial charge on any atom is -0.390 e. The first-order valence-electron chi connectivity index (χ1n) is 9.06. The Morgan fingerprint density at radius 2 is 1.68 bits per heavy atom. The van der Waals surface area contributed by atoms with E-state index >= 15 is 0 Å². The molecule has 0 saturated carbocycles. The number of nitrogen functional groups attached to an aromatic ring is 1. The molecule has 0 radical (unpaired) electrons. The summed E-state index contributed by atoms with van der Waals surface area (Å²) < 4.78 is 27.5. The number of nitrogens with zero attached hydrogens (tertiary/aromatic N) is 1. The molecule has 0 amide bonds. The number of aliphatic hydroxyl groups is 1. The molecule has 6 N–H and O–H groups in total. The van der Waals surface area contributed by atoms with Crippen LogP contribution in [0.3, 0.4) is 0 Å². The van der Waals surface area contributed by atoms with Crippen molar-refractivity contribution in [1.29, 1.82) is 5.41 Å². The second-order valence-corrected chi connectivity index (χ2v) is 8.96. The highest BCUT2D eigenvalue weighted by atomic mass is 32.2. The fraction of sp³-hybridized carbons (Fsp3) is 0.350. The van der Waals surface area contributed by atoms with E-state index in [4.69, 9.17) is 16.9 Å². The van der Waals surface area contributed by atoms with E-state index in [-0.39, 0.29) is 30.4 Å². The number of amidine groups is 1. The van der Waals surface area contributed by atoms with Crippen LogP contribution < -0.4 is 11.5 Å². The van der Waals surface area contributed by atoms with Gasteiger partial charge in [-0.25, -0.2) is 8.42 Å². The third-order valence-corrected chi connectivity index (χ3v) is 6.32. The molecule has 0 aromatic heterocycles. The molecular formula is C20H28N4O3S. The maximum Gasteiger partial charge on any atom is 0.243 e. The summed E-state index contributed by atoms with van der Waals surface area (Å²) in [5.74, 6) is 0.242. The first kappa shape index (κ1) is 22.0. The zero-order valence-electron chi connectivity index (χ0n) is 16.2. The van der Waals surface area contributed by atoms with Crippen LogP contribution in [0.2, 0.25) is 0 Å². The molecule has 1 unspecified atom stereocenters. The highest BCUT2D eigenvalue weighted by molar-refractivity contribution is 7.89. The quantitative estimate of drug-likeness (QED) is 0.372. The summed E-state index contributed by atoms with van der Waals surface area (Å²) in [7, 11) is -3.82. The zero-order valence-corrected chi connectivity index (χ0v) is 17.0. The van der Waals surface area contributed by atoms with E-state index in [1.807, 2.05) is 13.8 Å². The van der Waals surface area contributed by atoms with Gasteiger partial charge in [-0.05, 0) is 29.2 Å². The Kier molecular flexibility index (Phi) is 7.31. The lowest BCUT2D eigenvalue weighted by Gasteiger charge is -2.25. The van der Waals surface area contributed by atoms with E-state index in [9.17, 15) is 13.5 Å². The minimum atomic E-state index is -3.82. The standard InChI is InChI=1S/C20H28N4O3S/c1-14(2)16-7-9-19(10-8-16)28(26,27)24(13-18(25)11-21)12-15-3-5-17(6-4-15)20(22)23/h3-10,14,18,25H,11-13,21H2,1-2H3,(H3,22,23). The van der Waals surface area contributed by atoms with Gasteiger partial charge < -0.3 is 16.6 Å². The number of benzene rings is 2. The van der Waals surface area contributed by atoms with Crippen LogP contribution in [0.4, 0.5) is 0 Å². The molecule has 0 fully saturated rings. The Morgan fingerprint density at radius 3 is 2.14 bits per heavy atom. The second-order valence-electron chi connectivity index (χ2n) is 7.02. The van der Waals surface area contributed by atoms with Crippen LogP contribution in [0.25, 0.3) is 0 Å². The summed E-state index contributed by atoms with van der Waals surface area (Å²) in [4.78, 5) is 0.168. The lowest BCUT2D eigenvalue weighted by Crippen LogP contribution is -2.39. The lowest BCUT2D eigenvalue weighted by atomic mass is 10.0. The van der Waals surface area contributed by atoms with Crippen molar-refractivity contribution < 1.29 is 13.5 Å². The average molecular weight is 405 g/mol. The number of nitrogens with two attached hydrogens (primary N) is 2. The van der Waals surface area contributed by atoms with Crippen molar-refractivity contribution in [3.63, 3.8) is 0 Å². The van der Waals surface area contributed by atoms with Crippen LogP contribution in [0.1, 0.15) is 36.5 Å². The fourth-order valence-corrected chi connectivity index (χ4v) is 4.19. The number of sulfonamides is 1. The third-order valence-electron chi connectivity index (χ3n) is 4.49. The first-order valence-corrected chi connectivity index (χ1v) is 10.5. The van der Waals surface area contributed by atoms with E-state index in [0.717, 1.165) is 11.1 Å². The van der Waals surface area contributed by atoms with Crippen molar-refractivity contribution in [2.24, 2.45) is 11.5 Å². The molecular weight excluding hydrogens is 376 g/mol. The van der Waals surface area contributed by atoms with Gasteiger partial charge in [-0.1, -0.05) is 50.2 Å². The number of nitrogens with one attached hydrogen (secondary N) is 1. The van der Waals surface area contributed by atoms with E-state index in [1.165, 1.54) is 4.31 Å². The van der Waals surface area contributed by atoms with Crippen molar-refractivity contribution in [2.45, 2.75) is 37.3 Å². The number of hydrogen-bond donors (Lipinski definition) is 4. The smallest absolute Gasteiger partial charge is 0.243 e. The second kappa shape index (κ2) is 9.29. The molecule has 28 heavy (non-hydrogen) atoms. The molecule has 0 aliphatic heterocycles. The molecule has 2 aromatic carbocycles. The van der Waals surface area contributed by atoms with Gasteiger partial charge >= 0.3 is 0 Å². The Bertz CT molecular complexity index is 894. The van der Waals surface area contributed by atoms with Gasteiger partial charge in [-0.15, -0.1) is 0 Å². The van der Waals surface area contributed by atoms with Crippen LogP contribution in [-0.4, -0.2) is 42.9 Å². The lowest BCUT2D eigenvalue weighted by molar-refractivity contribution is 0.151. The van der Waals surface area contributed by atoms with Crippen LogP contribution in [0.15, 0.2) is 53.4 Å². The predicted molar refractivity (Wildman–Crippen MR) is 111 cm³/mol. The summed E-state index contributed by atoms with van der Waals surface area (Å²) in [5.41, 5.74) is 13.3. The van der Waals surface area contributed by atoms with Crippen LogP contribution in [0, 0.1) is 5.41 Å². The summed E-state index contributed by atoms with van der Waals surface area (Å²) in [6.07, 6.45) is -0.971. The molecule has 2 aromatic rings. The van der Waals surface area contributed by atoms with Crippen LogP contribution >= 0.6 is 0 Å². The zero-order chi connectivity index (χ0) is 20.9. The fourth-order valence-electron chi connectivity index (χ4n) is 2.72. The number of hydrogen-bond acceptors (Lipinski definition) is 5. The summed E-state index contributed by atoms with van der Waals surface area (Å²) in [6, 6.07) is 13.6. The van der Waals surface area contributed by atoms with Crippen molar-refractivity contribution in [3.05, 3.63) is 65.2 Å². The molecule has 1 atom stereocenters. The Morgan fingerprint density at radius 1 is 1.11 bits per heavy atom. The SMILES string of the molecule is CC(C)c1ccc(S(=O)(=O)N(Cc2ccc(C(=N)N)cc2)CC(O)CN)cc1. The number of rotatable bonds is 9. The topological polar surface area (TPSA) is 134 Å². The maximum atomic E-state index is 13.2. The summed E-state index contributed by atoms with van der Waals surface area (Å²) >= 11 is 0. The van der Waals surface area contributed by atoms with Crippen LogP contribution in [0.5, 0.6) is 0 Å². The molecule has 0 saturated heterocycles. The molecule has 0 aliphatic carbocycles. The molecule has 152 valence electrons.